The zero-order valence-corrected chi connectivity index (χ0v) is 15.4. The molecule has 1 saturated heterocycles. The van der Waals surface area contributed by atoms with Crippen LogP contribution in [0.2, 0.25) is 0 Å². The van der Waals surface area contributed by atoms with E-state index in [1.54, 1.807) is 36.5 Å². The summed E-state index contributed by atoms with van der Waals surface area (Å²) in [5.74, 6) is 4.41. The Labute approximate surface area is 170 Å². The molecule has 0 saturated carbocycles. The number of hydrogen-bond acceptors (Lipinski definition) is 4. The predicted molar refractivity (Wildman–Crippen MR) is 103 cm³/mol. The Hall–Kier alpha value is -4.23. The minimum Gasteiger partial charge on any atom is -0.439 e. The highest BCUT2D eigenvalue weighted by Crippen LogP contribution is 2.37. The third-order valence-corrected chi connectivity index (χ3v) is 4.48. The van der Waals surface area contributed by atoms with E-state index in [0.29, 0.717) is 22.3 Å². The molecule has 5 nitrogen and oxygen atoms in total. The number of rotatable bonds is 2. The second-order valence-electron chi connectivity index (χ2n) is 6.60. The summed E-state index contributed by atoms with van der Waals surface area (Å²) in [6.45, 7) is 0. The van der Waals surface area contributed by atoms with Crippen LogP contribution in [0.1, 0.15) is 40.0 Å². The third-order valence-electron chi connectivity index (χ3n) is 4.48. The van der Waals surface area contributed by atoms with Gasteiger partial charge in [-0.2, -0.15) is 5.26 Å². The van der Waals surface area contributed by atoms with E-state index < -0.39 is 29.9 Å². The monoisotopic (exact) mass is 401 g/mol. The predicted octanol–water partition coefficient (Wildman–Crippen LogP) is 4.15. The summed E-state index contributed by atoms with van der Waals surface area (Å²) in [4.78, 5) is 16.0. The van der Waals surface area contributed by atoms with Gasteiger partial charge in [0.2, 0.25) is 0 Å². The first-order valence-electron chi connectivity index (χ1n) is 8.92. The Bertz CT molecular complexity index is 1220. The highest BCUT2D eigenvalue weighted by molar-refractivity contribution is 5.71. The van der Waals surface area contributed by atoms with Gasteiger partial charge in [-0.15, -0.1) is 0 Å². The molecular formula is C23H13F2N3O2. The number of aromatic nitrogens is 1. The van der Waals surface area contributed by atoms with Gasteiger partial charge in [0, 0.05) is 35.2 Å². The molecule has 2 atom stereocenters. The van der Waals surface area contributed by atoms with Gasteiger partial charge >= 0.3 is 6.09 Å². The summed E-state index contributed by atoms with van der Waals surface area (Å²) in [7, 11) is 0. The molecule has 1 aliphatic heterocycles. The van der Waals surface area contributed by atoms with Gasteiger partial charge in [0.15, 0.2) is 6.10 Å². The first-order chi connectivity index (χ1) is 14.5. The SMILES string of the molecule is N#Cc1cccc(C#Cc2cncc([C@H]3NC(=O)O[C@@H]3c3cc(F)cc(F)c3)c2)c1. The number of pyridine rings is 1. The van der Waals surface area contributed by atoms with Crippen LogP contribution in [0.15, 0.2) is 60.9 Å². The van der Waals surface area contributed by atoms with Crippen molar-refractivity contribution in [1.82, 2.24) is 10.3 Å². The quantitative estimate of drug-likeness (QED) is 0.655. The van der Waals surface area contributed by atoms with E-state index in [-0.39, 0.29) is 5.56 Å². The van der Waals surface area contributed by atoms with Crippen molar-refractivity contribution in [2.45, 2.75) is 12.1 Å². The van der Waals surface area contributed by atoms with Gasteiger partial charge in [-0.25, -0.2) is 13.6 Å². The van der Waals surface area contributed by atoms with E-state index in [4.69, 9.17) is 10.00 Å². The Kier molecular flexibility index (Phi) is 5.11. The number of ether oxygens (including phenoxy) is 1. The molecule has 4 rings (SSSR count). The Morgan fingerprint density at radius 3 is 2.43 bits per heavy atom. The van der Waals surface area contributed by atoms with Gasteiger partial charge < -0.3 is 10.1 Å². The standard InChI is InChI=1S/C23H13F2N3O2/c24-19-8-17(9-20(25)10-19)22-21(28-23(29)30-22)18-7-16(12-27-13-18)5-4-14-2-1-3-15(6-14)11-26/h1-3,6-10,12-13,21-22H,(H,28,29)/t21-,22-/m1/s1. The minimum absolute atomic E-state index is 0.195. The number of cyclic esters (lactones) is 1. The molecule has 0 bridgehead atoms. The molecule has 1 aromatic heterocycles. The van der Waals surface area contributed by atoms with Crippen LogP contribution in [0.4, 0.5) is 13.6 Å². The van der Waals surface area contributed by atoms with Crippen molar-refractivity contribution < 1.29 is 18.3 Å². The van der Waals surface area contributed by atoms with Crippen molar-refractivity contribution in [2.24, 2.45) is 0 Å². The van der Waals surface area contributed by atoms with Crippen molar-refractivity contribution in [1.29, 1.82) is 5.26 Å². The fourth-order valence-electron chi connectivity index (χ4n) is 3.19. The van der Waals surface area contributed by atoms with Crippen molar-refractivity contribution >= 4 is 6.09 Å². The maximum atomic E-state index is 13.6. The maximum absolute atomic E-state index is 13.6. The summed E-state index contributed by atoms with van der Waals surface area (Å²) in [5, 5.41) is 11.6. The molecule has 30 heavy (non-hydrogen) atoms. The molecule has 0 unspecified atom stereocenters. The first kappa shape index (κ1) is 19.1. The van der Waals surface area contributed by atoms with E-state index in [9.17, 15) is 13.6 Å². The molecule has 0 spiro atoms. The molecule has 0 radical (unpaired) electrons. The van der Waals surface area contributed by atoms with E-state index >= 15 is 0 Å². The van der Waals surface area contributed by atoms with Gasteiger partial charge in [-0.3, -0.25) is 4.98 Å². The average molecular weight is 401 g/mol. The number of hydrogen-bond donors (Lipinski definition) is 1. The zero-order chi connectivity index (χ0) is 21.1. The zero-order valence-electron chi connectivity index (χ0n) is 15.4. The van der Waals surface area contributed by atoms with Crippen molar-refractivity contribution in [3.05, 3.63) is 100 Å². The fraction of sp³-hybridized carbons (Fsp3) is 0.0870. The number of benzene rings is 2. The third kappa shape index (κ3) is 4.11. The number of carbonyl (C=O) groups excluding carboxylic acids is 1. The molecule has 7 heteroatoms. The van der Waals surface area contributed by atoms with Gasteiger partial charge in [0.25, 0.3) is 0 Å². The number of amides is 1. The molecule has 1 amide bonds. The van der Waals surface area contributed by atoms with E-state index in [2.05, 4.69) is 28.2 Å². The first-order valence-corrected chi connectivity index (χ1v) is 8.92. The molecule has 1 fully saturated rings. The topological polar surface area (TPSA) is 75.0 Å². The number of nitriles is 1. The van der Waals surface area contributed by atoms with E-state index in [0.717, 1.165) is 18.2 Å². The van der Waals surface area contributed by atoms with Crippen molar-refractivity contribution in [3.63, 3.8) is 0 Å². The summed E-state index contributed by atoms with van der Waals surface area (Å²) in [5.41, 5.74) is 2.52. The van der Waals surface area contributed by atoms with Crippen LogP contribution in [0.25, 0.3) is 0 Å². The van der Waals surface area contributed by atoms with Gasteiger partial charge in [-0.05, 0) is 42.0 Å². The van der Waals surface area contributed by atoms with Crippen molar-refractivity contribution in [2.75, 3.05) is 0 Å². The molecule has 0 aliphatic carbocycles. The fourth-order valence-corrected chi connectivity index (χ4v) is 3.19. The second kappa shape index (κ2) is 8.02. The molecular weight excluding hydrogens is 388 g/mol. The number of nitrogens with one attached hydrogen (secondary N) is 1. The lowest BCUT2D eigenvalue weighted by atomic mass is 9.96. The van der Waals surface area contributed by atoms with Crippen LogP contribution in [-0.2, 0) is 4.74 Å². The number of carbonyl (C=O) groups is 1. The van der Waals surface area contributed by atoms with Crippen LogP contribution in [-0.4, -0.2) is 11.1 Å². The summed E-state index contributed by atoms with van der Waals surface area (Å²) < 4.78 is 32.5. The van der Waals surface area contributed by atoms with Gasteiger partial charge in [0.05, 0.1) is 11.6 Å². The molecule has 3 aromatic rings. The van der Waals surface area contributed by atoms with Crippen LogP contribution >= 0.6 is 0 Å². The molecule has 2 heterocycles. The maximum Gasteiger partial charge on any atom is 0.408 e. The Balaban J connectivity index is 1.65. The molecule has 146 valence electrons. The summed E-state index contributed by atoms with van der Waals surface area (Å²) >= 11 is 0. The van der Waals surface area contributed by atoms with E-state index in [1.165, 1.54) is 6.20 Å². The van der Waals surface area contributed by atoms with Crippen LogP contribution in [0.5, 0.6) is 0 Å². The lowest BCUT2D eigenvalue weighted by Crippen LogP contribution is -2.20. The Morgan fingerprint density at radius 2 is 1.67 bits per heavy atom. The van der Waals surface area contributed by atoms with Crippen LogP contribution in [0, 0.1) is 34.8 Å². The smallest absolute Gasteiger partial charge is 0.408 e. The number of nitrogens with zero attached hydrogens (tertiary/aromatic N) is 2. The van der Waals surface area contributed by atoms with Crippen molar-refractivity contribution in [3.8, 4) is 17.9 Å². The van der Waals surface area contributed by atoms with Crippen LogP contribution < -0.4 is 5.32 Å². The van der Waals surface area contributed by atoms with Gasteiger partial charge in [-0.1, -0.05) is 17.9 Å². The summed E-state index contributed by atoms with van der Waals surface area (Å²) in [6.07, 6.45) is 1.47. The molecule has 2 aromatic carbocycles. The van der Waals surface area contributed by atoms with E-state index in [1.807, 2.05) is 0 Å². The molecule has 1 N–H and O–H groups in total. The van der Waals surface area contributed by atoms with Crippen LogP contribution in [0.3, 0.4) is 0 Å². The summed E-state index contributed by atoms with van der Waals surface area (Å²) in [6, 6.07) is 13.0. The lowest BCUT2D eigenvalue weighted by Gasteiger charge is -2.17. The largest absolute Gasteiger partial charge is 0.439 e. The average Bonchev–Trinajstić information content (AvgIpc) is 3.14. The minimum atomic E-state index is -0.917. The molecule has 1 aliphatic rings. The lowest BCUT2D eigenvalue weighted by molar-refractivity contribution is 0.132. The normalized spacial score (nSPS) is 17.3. The Morgan fingerprint density at radius 1 is 0.933 bits per heavy atom. The van der Waals surface area contributed by atoms with Gasteiger partial charge in [0.1, 0.15) is 17.7 Å². The highest BCUT2D eigenvalue weighted by Gasteiger charge is 2.37. The second-order valence-corrected chi connectivity index (χ2v) is 6.60. The number of halogens is 2. The highest BCUT2D eigenvalue weighted by atomic mass is 19.1. The number of alkyl carbamates (subject to hydrolysis) is 1.